The molecule has 0 atom stereocenters. The van der Waals surface area contributed by atoms with Crippen molar-refractivity contribution in [2.45, 2.75) is 6.54 Å². The zero-order chi connectivity index (χ0) is 20.4. The molecule has 0 aliphatic carbocycles. The molecule has 0 bridgehead atoms. The van der Waals surface area contributed by atoms with Gasteiger partial charge in [-0.05, 0) is 29.8 Å². The molecule has 2 aromatic carbocycles. The zero-order valence-electron chi connectivity index (χ0n) is 15.4. The molecule has 0 radical (unpaired) electrons. The van der Waals surface area contributed by atoms with E-state index in [2.05, 4.69) is 10.3 Å². The molecule has 8 heteroatoms. The first-order chi connectivity index (χ1) is 14.1. The van der Waals surface area contributed by atoms with Gasteiger partial charge in [0.1, 0.15) is 17.1 Å². The summed E-state index contributed by atoms with van der Waals surface area (Å²) in [7, 11) is 1.60. The summed E-state index contributed by atoms with van der Waals surface area (Å²) in [4.78, 5) is 30.5. The standard InChI is InChI=1S/C21H16ClN3O3S/c1-28-14-8-6-13(7-9-14)15-11-29-20-19(15)21(27)25(12-23-20)10-18(26)24-17-5-3-2-4-16(17)22/h2-9,11-12H,10H2,1H3,(H,24,26). The van der Waals surface area contributed by atoms with Gasteiger partial charge >= 0.3 is 0 Å². The monoisotopic (exact) mass is 425 g/mol. The summed E-state index contributed by atoms with van der Waals surface area (Å²) in [6.45, 7) is -0.162. The quantitative estimate of drug-likeness (QED) is 0.513. The molecular formula is C21H16ClN3O3S. The van der Waals surface area contributed by atoms with Crippen molar-refractivity contribution in [3.63, 3.8) is 0 Å². The van der Waals surface area contributed by atoms with E-state index in [-0.39, 0.29) is 18.0 Å². The number of methoxy groups -OCH3 is 1. The number of benzene rings is 2. The number of ether oxygens (including phenoxy) is 1. The molecule has 4 rings (SSSR count). The van der Waals surface area contributed by atoms with E-state index in [1.807, 2.05) is 29.6 Å². The third kappa shape index (κ3) is 3.87. The number of amides is 1. The summed E-state index contributed by atoms with van der Waals surface area (Å²) in [5, 5.41) is 5.54. The minimum absolute atomic E-state index is 0.162. The van der Waals surface area contributed by atoms with Crippen molar-refractivity contribution in [2.75, 3.05) is 12.4 Å². The molecule has 1 N–H and O–H groups in total. The Morgan fingerprint density at radius 2 is 1.97 bits per heavy atom. The molecule has 4 aromatic rings. The minimum Gasteiger partial charge on any atom is -0.497 e. The first-order valence-electron chi connectivity index (χ1n) is 8.72. The Kier molecular flexibility index (Phi) is 5.33. The van der Waals surface area contributed by atoms with Crippen LogP contribution in [0.15, 0.2) is 65.0 Å². The molecule has 0 fully saturated rings. The van der Waals surface area contributed by atoms with E-state index in [4.69, 9.17) is 16.3 Å². The lowest BCUT2D eigenvalue weighted by molar-refractivity contribution is -0.116. The Morgan fingerprint density at radius 1 is 1.21 bits per heavy atom. The predicted octanol–water partition coefficient (Wildman–Crippen LogP) is 4.43. The number of fused-ring (bicyclic) bond motifs is 1. The fourth-order valence-electron chi connectivity index (χ4n) is 2.97. The van der Waals surface area contributed by atoms with Crippen molar-refractivity contribution >= 4 is 44.7 Å². The van der Waals surface area contributed by atoms with Gasteiger partial charge in [0.25, 0.3) is 5.56 Å². The summed E-state index contributed by atoms with van der Waals surface area (Å²) >= 11 is 7.46. The minimum atomic E-state index is -0.359. The van der Waals surface area contributed by atoms with Crippen LogP contribution in [0.1, 0.15) is 0 Å². The van der Waals surface area contributed by atoms with Crippen molar-refractivity contribution in [3.05, 3.63) is 75.6 Å². The van der Waals surface area contributed by atoms with Gasteiger partial charge in [0.15, 0.2) is 0 Å². The summed E-state index contributed by atoms with van der Waals surface area (Å²) in [6, 6.07) is 14.4. The number of anilines is 1. The maximum absolute atomic E-state index is 13.1. The van der Waals surface area contributed by atoms with Gasteiger partial charge in [-0.1, -0.05) is 35.9 Å². The average molecular weight is 426 g/mol. The number of thiophene rings is 1. The largest absolute Gasteiger partial charge is 0.497 e. The summed E-state index contributed by atoms with van der Waals surface area (Å²) in [6.07, 6.45) is 1.39. The fraction of sp³-hybridized carbons (Fsp3) is 0.0952. The summed E-state index contributed by atoms with van der Waals surface area (Å²) < 4.78 is 6.49. The number of nitrogens with zero attached hydrogens (tertiary/aromatic N) is 2. The highest BCUT2D eigenvalue weighted by molar-refractivity contribution is 7.17. The molecule has 0 saturated carbocycles. The molecule has 2 aromatic heterocycles. The van der Waals surface area contributed by atoms with E-state index in [1.165, 1.54) is 22.2 Å². The van der Waals surface area contributed by atoms with Crippen LogP contribution in [0, 0.1) is 0 Å². The fourth-order valence-corrected chi connectivity index (χ4v) is 4.06. The number of hydrogen-bond acceptors (Lipinski definition) is 5. The van der Waals surface area contributed by atoms with Gasteiger partial charge in [-0.25, -0.2) is 4.98 Å². The number of hydrogen-bond donors (Lipinski definition) is 1. The number of rotatable bonds is 5. The molecule has 0 aliphatic heterocycles. The Bertz CT molecular complexity index is 1250. The van der Waals surface area contributed by atoms with Crippen molar-refractivity contribution in [1.29, 1.82) is 0 Å². The lowest BCUT2D eigenvalue weighted by Crippen LogP contribution is -2.27. The highest BCUT2D eigenvalue weighted by Gasteiger charge is 2.15. The van der Waals surface area contributed by atoms with Crippen molar-refractivity contribution in [1.82, 2.24) is 9.55 Å². The van der Waals surface area contributed by atoms with Crippen molar-refractivity contribution in [3.8, 4) is 16.9 Å². The van der Waals surface area contributed by atoms with Crippen LogP contribution in [0.3, 0.4) is 0 Å². The molecular weight excluding hydrogens is 410 g/mol. The second-order valence-electron chi connectivity index (χ2n) is 6.26. The summed E-state index contributed by atoms with van der Waals surface area (Å²) in [5.41, 5.74) is 1.90. The van der Waals surface area contributed by atoms with Crippen LogP contribution in [0.5, 0.6) is 5.75 Å². The van der Waals surface area contributed by atoms with Crippen molar-refractivity contribution in [2.24, 2.45) is 0 Å². The van der Waals surface area contributed by atoms with Crippen LogP contribution in [-0.2, 0) is 11.3 Å². The Morgan fingerprint density at radius 3 is 2.69 bits per heavy atom. The number of halogens is 1. The molecule has 2 heterocycles. The van der Waals surface area contributed by atoms with E-state index < -0.39 is 0 Å². The van der Waals surface area contributed by atoms with E-state index in [0.29, 0.717) is 20.9 Å². The molecule has 1 amide bonds. The van der Waals surface area contributed by atoms with Crippen LogP contribution in [0.2, 0.25) is 5.02 Å². The van der Waals surface area contributed by atoms with Crippen LogP contribution in [-0.4, -0.2) is 22.6 Å². The van der Waals surface area contributed by atoms with Gasteiger partial charge in [0, 0.05) is 10.9 Å². The maximum Gasteiger partial charge on any atom is 0.263 e. The zero-order valence-corrected chi connectivity index (χ0v) is 17.0. The Hall–Kier alpha value is -3.16. The topological polar surface area (TPSA) is 73.2 Å². The number of carbonyl (C=O) groups is 1. The lowest BCUT2D eigenvalue weighted by Gasteiger charge is -2.09. The number of carbonyl (C=O) groups excluding carboxylic acids is 1. The Balaban J connectivity index is 1.66. The van der Waals surface area contributed by atoms with E-state index in [1.54, 1.807) is 31.4 Å². The van der Waals surface area contributed by atoms with Gasteiger partial charge in [0.05, 0.1) is 29.5 Å². The van der Waals surface area contributed by atoms with Crippen LogP contribution >= 0.6 is 22.9 Å². The molecule has 0 saturated heterocycles. The van der Waals surface area contributed by atoms with E-state index in [0.717, 1.165) is 16.9 Å². The molecule has 0 unspecified atom stereocenters. The second-order valence-corrected chi connectivity index (χ2v) is 7.53. The number of aromatic nitrogens is 2. The molecule has 6 nitrogen and oxygen atoms in total. The van der Waals surface area contributed by atoms with Gasteiger partial charge in [-0.3, -0.25) is 14.2 Å². The predicted molar refractivity (Wildman–Crippen MR) is 116 cm³/mol. The first kappa shape index (κ1) is 19.2. The number of nitrogens with one attached hydrogen (secondary N) is 1. The Labute approximate surface area is 175 Å². The van der Waals surface area contributed by atoms with Crippen molar-refractivity contribution < 1.29 is 9.53 Å². The normalized spacial score (nSPS) is 10.8. The SMILES string of the molecule is COc1ccc(-c2csc3ncn(CC(=O)Nc4ccccc4Cl)c(=O)c23)cc1. The second kappa shape index (κ2) is 8.06. The van der Waals surface area contributed by atoms with Crippen LogP contribution in [0.25, 0.3) is 21.3 Å². The third-order valence-electron chi connectivity index (χ3n) is 4.42. The van der Waals surface area contributed by atoms with Gasteiger partial charge in [-0.15, -0.1) is 11.3 Å². The summed E-state index contributed by atoms with van der Waals surface area (Å²) in [5.74, 6) is 0.377. The smallest absolute Gasteiger partial charge is 0.263 e. The first-order valence-corrected chi connectivity index (χ1v) is 9.98. The molecule has 0 aliphatic rings. The average Bonchev–Trinajstić information content (AvgIpc) is 3.17. The van der Waals surface area contributed by atoms with Gasteiger partial charge in [0.2, 0.25) is 5.91 Å². The highest BCUT2D eigenvalue weighted by Crippen LogP contribution is 2.31. The number of para-hydroxylation sites is 1. The van der Waals surface area contributed by atoms with Crippen LogP contribution < -0.4 is 15.6 Å². The lowest BCUT2D eigenvalue weighted by atomic mass is 10.1. The highest BCUT2D eigenvalue weighted by atomic mass is 35.5. The van der Waals surface area contributed by atoms with E-state index in [9.17, 15) is 9.59 Å². The van der Waals surface area contributed by atoms with E-state index >= 15 is 0 Å². The molecule has 0 spiro atoms. The third-order valence-corrected chi connectivity index (χ3v) is 5.64. The van der Waals surface area contributed by atoms with Crippen LogP contribution in [0.4, 0.5) is 5.69 Å². The van der Waals surface area contributed by atoms with Gasteiger partial charge in [-0.2, -0.15) is 0 Å². The molecule has 29 heavy (non-hydrogen) atoms. The van der Waals surface area contributed by atoms with Gasteiger partial charge < -0.3 is 10.1 Å². The molecule has 146 valence electrons. The maximum atomic E-state index is 13.1.